The van der Waals surface area contributed by atoms with Gasteiger partial charge in [-0.25, -0.2) is 4.39 Å². The summed E-state index contributed by atoms with van der Waals surface area (Å²) in [6.45, 7) is 1.63. The van der Waals surface area contributed by atoms with Gasteiger partial charge in [-0.3, -0.25) is 4.79 Å². The van der Waals surface area contributed by atoms with Crippen LogP contribution in [0.2, 0.25) is 0 Å². The summed E-state index contributed by atoms with van der Waals surface area (Å²) in [5, 5.41) is 3.77. The first-order valence-electron chi connectivity index (χ1n) is 8.57. The molecule has 0 saturated heterocycles. The fourth-order valence-corrected chi connectivity index (χ4v) is 2.36. The van der Waals surface area contributed by atoms with Crippen LogP contribution in [-0.2, 0) is 16.1 Å². The number of benzene rings is 2. The summed E-state index contributed by atoms with van der Waals surface area (Å²) in [4.78, 5) is 16.0. The van der Waals surface area contributed by atoms with Crippen LogP contribution < -0.4 is 9.47 Å². The van der Waals surface area contributed by atoms with Crippen molar-refractivity contribution in [1.82, 2.24) is 10.1 Å². The van der Waals surface area contributed by atoms with E-state index in [4.69, 9.17) is 18.7 Å². The third kappa shape index (κ3) is 4.85. The summed E-state index contributed by atoms with van der Waals surface area (Å²) >= 11 is 0. The van der Waals surface area contributed by atoms with E-state index in [0.29, 0.717) is 22.6 Å². The molecule has 1 heterocycles. The molecule has 0 unspecified atom stereocenters. The molecule has 7 nitrogen and oxygen atoms in total. The van der Waals surface area contributed by atoms with Crippen molar-refractivity contribution in [1.29, 1.82) is 0 Å². The van der Waals surface area contributed by atoms with Crippen LogP contribution in [0.25, 0.3) is 11.4 Å². The van der Waals surface area contributed by atoms with Crippen molar-refractivity contribution < 1.29 is 27.9 Å². The molecule has 0 aliphatic rings. The first kappa shape index (κ1) is 19.3. The zero-order chi connectivity index (χ0) is 19.9. The molecule has 0 bridgehead atoms. The van der Waals surface area contributed by atoms with Crippen molar-refractivity contribution in [3.8, 4) is 22.9 Å². The SMILES string of the molecule is COc1ccccc1OCCC(=O)OCc1nc(-c2ccc(C)c(F)c2)no1. The number of esters is 1. The molecule has 0 aliphatic heterocycles. The van der Waals surface area contributed by atoms with Crippen LogP contribution in [0.3, 0.4) is 0 Å². The molecule has 0 spiro atoms. The lowest BCUT2D eigenvalue weighted by Crippen LogP contribution is -2.10. The summed E-state index contributed by atoms with van der Waals surface area (Å²) in [6.07, 6.45) is 0.0439. The average Bonchev–Trinajstić information content (AvgIpc) is 3.18. The van der Waals surface area contributed by atoms with Gasteiger partial charge in [-0.05, 0) is 30.7 Å². The van der Waals surface area contributed by atoms with Crippen LogP contribution in [-0.4, -0.2) is 29.8 Å². The number of nitrogens with zero attached hydrogens (tertiary/aromatic N) is 2. The quantitative estimate of drug-likeness (QED) is 0.546. The molecule has 3 rings (SSSR count). The Morgan fingerprint density at radius 3 is 2.71 bits per heavy atom. The van der Waals surface area contributed by atoms with Gasteiger partial charge in [-0.2, -0.15) is 4.98 Å². The Morgan fingerprint density at radius 2 is 1.96 bits per heavy atom. The van der Waals surface area contributed by atoms with Crippen molar-refractivity contribution in [2.24, 2.45) is 0 Å². The molecule has 1 aromatic heterocycles. The molecule has 0 amide bonds. The van der Waals surface area contributed by atoms with E-state index in [1.165, 1.54) is 6.07 Å². The summed E-state index contributed by atoms with van der Waals surface area (Å²) in [6, 6.07) is 11.8. The third-order valence-electron chi connectivity index (χ3n) is 3.89. The fraction of sp³-hybridized carbons (Fsp3) is 0.250. The molecule has 0 atom stereocenters. The second-order valence-electron chi connectivity index (χ2n) is 5.89. The lowest BCUT2D eigenvalue weighted by Gasteiger charge is -2.09. The Bertz CT molecular complexity index is 957. The molecule has 28 heavy (non-hydrogen) atoms. The average molecular weight is 386 g/mol. The van der Waals surface area contributed by atoms with E-state index in [1.807, 2.05) is 12.1 Å². The van der Waals surface area contributed by atoms with Gasteiger partial charge in [0.15, 0.2) is 18.1 Å². The smallest absolute Gasteiger partial charge is 0.309 e. The van der Waals surface area contributed by atoms with E-state index in [9.17, 15) is 9.18 Å². The predicted octanol–water partition coefficient (Wildman–Crippen LogP) is 3.71. The highest BCUT2D eigenvalue weighted by atomic mass is 19.1. The Labute approximate surface area is 161 Å². The predicted molar refractivity (Wildman–Crippen MR) is 97.3 cm³/mol. The third-order valence-corrected chi connectivity index (χ3v) is 3.89. The Kier molecular flexibility index (Phi) is 6.21. The minimum absolute atomic E-state index is 0.0439. The molecule has 8 heteroatoms. The van der Waals surface area contributed by atoms with Crippen LogP contribution in [0.5, 0.6) is 11.5 Å². The second kappa shape index (κ2) is 8.98. The normalized spacial score (nSPS) is 10.5. The lowest BCUT2D eigenvalue weighted by atomic mass is 10.1. The van der Waals surface area contributed by atoms with E-state index in [0.717, 1.165) is 0 Å². The van der Waals surface area contributed by atoms with E-state index in [2.05, 4.69) is 10.1 Å². The van der Waals surface area contributed by atoms with E-state index in [-0.39, 0.29) is 37.2 Å². The van der Waals surface area contributed by atoms with Crippen molar-refractivity contribution in [3.63, 3.8) is 0 Å². The summed E-state index contributed by atoms with van der Waals surface area (Å²) in [7, 11) is 1.54. The summed E-state index contributed by atoms with van der Waals surface area (Å²) in [5.74, 6) is 0.646. The van der Waals surface area contributed by atoms with Crippen LogP contribution in [0.4, 0.5) is 4.39 Å². The number of hydrogen-bond donors (Lipinski definition) is 0. The number of rotatable bonds is 8. The van der Waals surface area contributed by atoms with Crippen LogP contribution >= 0.6 is 0 Å². The number of carbonyl (C=O) groups is 1. The lowest BCUT2D eigenvalue weighted by molar-refractivity contribution is -0.146. The van der Waals surface area contributed by atoms with Gasteiger partial charge in [0.05, 0.1) is 20.1 Å². The monoisotopic (exact) mass is 386 g/mol. The standard InChI is InChI=1S/C20H19FN2O5/c1-13-7-8-14(11-15(13)21)20-22-18(28-23-20)12-27-19(24)9-10-26-17-6-4-3-5-16(17)25-2/h3-8,11H,9-10,12H2,1-2H3. The number of aryl methyl sites for hydroxylation is 1. The fourth-order valence-electron chi connectivity index (χ4n) is 2.36. The highest BCUT2D eigenvalue weighted by Gasteiger charge is 2.13. The van der Waals surface area contributed by atoms with Gasteiger partial charge in [-0.1, -0.05) is 29.4 Å². The molecule has 0 saturated carbocycles. The molecule has 3 aromatic rings. The summed E-state index contributed by atoms with van der Waals surface area (Å²) < 4.78 is 34.5. The minimum Gasteiger partial charge on any atom is -0.493 e. The maximum Gasteiger partial charge on any atom is 0.309 e. The highest BCUT2D eigenvalue weighted by molar-refractivity contribution is 5.69. The largest absolute Gasteiger partial charge is 0.493 e. The minimum atomic E-state index is -0.476. The molecule has 0 radical (unpaired) electrons. The number of aromatic nitrogens is 2. The topological polar surface area (TPSA) is 83.7 Å². The van der Waals surface area contributed by atoms with Gasteiger partial charge in [0.1, 0.15) is 5.82 Å². The molecule has 0 aliphatic carbocycles. The number of ether oxygens (including phenoxy) is 3. The van der Waals surface area contributed by atoms with Crippen LogP contribution in [0.15, 0.2) is 47.0 Å². The van der Waals surface area contributed by atoms with E-state index < -0.39 is 5.97 Å². The highest BCUT2D eigenvalue weighted by Crippen LogP contribution is 2.25. The van der Waals surface area contributed by atoms with Gasteiger partial charge < -0.3 is 18.7 Å². The van der Waals surface area contributed by atoms with Gasteiger partial charge in [0, 0.05) is 5.56 Å². The number of carbonyl (C=O) groups excluding carboxylic acids is 1. The Balaban J connectivity index is 1.47. The number of para-hydroxylation sites is 2. The van der Waals surface area contributed by atoms with Crippen molar-refractivity contribution in [3.05, 3.63) is 59.7 Å². The van der Waals surface area contributed by atoms with Gasteiger partial charge in [0.2, 0.25) is 5.82 Å². The zero-order valence-corrected chi connectivity index (χ0v) is 15.5. The van der Waals surface area contributed by atoms with Crippen LogP contribution in [0, 0.1) is 12.7 Å². The molecule has 0 N–H and O–H groups in total. The second-order valence-corrected chi connectivity index (χ2v) is 5.89. The van der Waals surface area contributed by atoms with E-state index in [1.54, 1.807) is 38.3 Å². The molecule has 2 aromatic carbocycles. The number of halogens is 1. The van der Waals surface area contributed by atoms with E-state index >= 15 is 0 Å². The number of methoxy groups -OCH3 is 1. The molecular formula is C20H19FN2O5. The Hall–Kier alpha value is -3.42. The maximum atomic E-state index is 13.6. The first-order valence-corrected chi connectivity index (χ1v) is 8.57. The first-order chi connectivity index (χ1) is 13.6. The van der Waals surface area contributed by atoms with Gasteiger partial charge >= 0.3 is 5.97 Å². The van der Waals surface area contributed by atoms with Crippen molar-refractivity contribution in [2.45, 2.75) is 20.0 Å². The Morgan fingerprint density at radius 1 is 1.18 bits per heavy atom. The van der Waals surface area contributed by atoms with Gasteiger partial charge in [0.25, 0.3) is 5.89 Å². The van der Waals surface area contributed by atoms with Crippen molar-refractivity contribution in [2.75, 3.05) is 13.7 Å². The molecular weight excluding hydrogens is 367 g/mol. The molecule has 146 valence electrons. The maximum absolute atomic E-state index is 13.6. The summed E-state index contributed by atoms with van der Waals surface area (Å²) in [5.41, 5.74) is 1.01. The number of hydrogen-bond acceptors (Lipinski definition) is 7. The molecule has 0 fully saturated rings. The van der Waals surface area contributed by atoms with Crippen molar-refractivity contribution >= 4 is 5.97 Å². The zero-order valence-electron chi connectivity index (χ0n) is 15.5. The van der Waals surface area contributed by atoms with Gasteiger partial charge in [-0.15, -0.1) is 0 Å². The van der Waals surface area contributed by atoms with Crippen LogP contribution in [0.1, 0.15) is 17.9 Å².